The molecule has 0 saturated carbocycles. The number of rotatable bonds is 19. The van der Waals surface area contributed by atoms with Gasteiger partial charge in [-0.3, -0.25) is 0 Å². The zero-order chi connectivity index (χ0) is 106. The molecule has 20 aromatic rings. The second kappa shape index (κ2) is 43.3. The van der Waals surface area contributed by atoms with Gasteiger partial charge in [0.25, 0.3) is 0 Å². The fourth-order valence-electron chi connectivity index (χ4n) is 15.0. The number of aromatic amines is 5. The number of ether oxygens (including phenoxy) is 4. The first kappa shape index (κ1) is 105. The van der Waals surface area contributed by atoms with Crippen molar-refractivity contribution in [1.82, 2.24) is 49.8 Å². The standard InChI is InChI=1S/C22H14F6N2O2.C21H14BrF3N2O.C21H13ClF4N2O2.2C21H14ClF3N2O2/c1-12-19(13-6-8-14(9-7-13)21(23,24)25)30-20(29-12)18-11-10-16(31-18)15-4-2-3-5-17(15)32-22(26,27)28;1-12-19(13-6-8-14(22)9-7-13)27-20(26-12)18-11-10-17(28-18)15-4-2-3-5-16(15)21(23,24)25;1-11-19(12-2-5-14(23)6-3-12)28-20(27-11)17-9-8-16(29-17)13-4-7-15(22)18(10-13)30-21(24,25)26;1-12-19(14-2-6-15(22)7-3-14)27-20(26-12)18-11-10-17(28-18)13-4-8-16(9-5-13)29-21(23,24)25;1-12-19(13-6-2-4-8-15(13)22)27-20(26-12)18-11-10-16(28-18)14-7-3-5-9-17(14)29-21(23,24)25/h2-11H,1H3,(H,29,30);2-11H,1H3,(H,26,27);2-10H,1H3,(H,27,28);2*2-11H,1H3,(H,26,27). The molecule has 10 aromatic heterocycles. The van der Waals surface area contributed by atoms with E-state index in [-0.39, 0.29) is 67.9 Å². The molecule has 10 heterocycles. The number of hydrogen-bond donors (Lipinski definition) is 5. The van der Waals surface area contributed by atoms with E-state index in [1.165, 1.54) is 127 Å². The maximum Gasteiger partial charge on any atom is 0.573 e. The number of aryl methyl sites for hydroxylation is 5. The Bertz CT molecular complexity index is 8030. The summed E-state index contributed by atoms with van der Waals surface area (Å²) < 4.78 is 288. The summed E-state index contributed by atoms with van der Waals surface area (Å²) in [5.41, 5.74) is 10.7. The molecule has 0 atom stereocenters. The molecule has 0 radical (unpaired) electrons. The lowest BCUT2D eigenvalue weighted by Crippen LogP contribution is -2.17. The number of alkyl halides is 18. The number of benzene rings is 10. The Morgan fingerprint density at radius 2 is 0.568 bits per heavy atom. The van der Waals surface area contributed by atoms with Crippen LogP contribution in [0, 0.1) is 40.4 Å². The molecule has 148 heavy (non-hydrogen) atoms. The molecule has 0 saturated heterocycles. The van der Waals surface area contributed by atoms with Gasteiger partial charge in [0.15, 0.2) is 57.9 Å². The van der Waals surface area contributed by atoms with Crippen LogP contribution in [0.5, 0.6) is 23.0 Å². The number of furan rings is 5. The molecule has 42 heteroatoms. The normalized spacial score (nSPS) is 11.8. The van der Waals surface area contributed by atoms with Crippen LogP contribution in [0.3, 0.4) is 0 Å². The highest BCUT2D eigenvalue weighted by atomic mass is 79.9. The minimum Gasteiger partial charge on any atom is -0.453 e. The Morgan fingerprint density at radius 3 is 0.966 bits per heavy atom. The molecule has 10 aromatic carbocycles. The summed E-state index contributed by atoms with van der Waals surface area (Å²) in [5.74, 6) is 3.45. The summed E-state index contributed by atoms with van der Waals surface area (Å²) in [6.45, 7) is 9.16. The Hall–Kier alpha value is -16.1. The van der Waals surface area contributed by atoms with E-state index in [2.05, 4.69) is 84.7 Å². The first-order valence-electron chi connectivity index (χ1n) is 43.5. The van der Waals surface area contributed by atoms with Crippen LogP contribution in [-0.4, -0.2) is 75.3 Å². The van der Waals surface area contributed by atoms with Crippen molar-refractivity contribution in [3.63, 3.8) is 0 Å². The third-order valence-corrected chi connectivity index (χ3v) is 23.1. The van der Waals surface area contributed by atoms with Crippen molar-refractivity contribution in [2.24, 2.45) is 0 Å². The summed E-state index contributed by atoms with van der Waals surface area (Å²) in [7, 11) is 0. The van der Waals surface area contributed by atoms with Crippen LogP contribution >= 0.6 is 50.7 Å². The molecule has 0 fully saturated rings. The van der Waals surface area contributed by atoms with Crippen LogP contribution in [0.2, 0.25) is 15.1 Å². The number of para-hydroxylation sites is 2. The van der Waals surface area contributed by atoms with Crippen LogP contribution in [0.15, 0.2) is 324 Å². The Labute approximate surface area is 848 Å². The highest BCUT2D eigenvalue weighted by Crippen LogP contribution is 2.46. The SMILES string of the molecule is Cc1[nH]c(-c2ccc(-c3ccc(Cl)c(OC(F)(F)F)c3)o2)nc1-c1ccc(F)cc1.Cc1[nH]c(-c2ccc(-c3ccc(OC(F)(F)F)cc3)o2)nc1-c1ccc(Cl)cc1.Cc1[nH]c(-c2ccc(-c3ccccc3C(F)(F)F)o2)nc1-c1ccc(Br)cc1.Cc1[nH]c(-c2ccc(-c3ccccc3OC(F)(F)F)o2)nc1-c1ccc(C(F)(F)F)cc1.Cc1[nH]c(-c2ccc(-c3ccccc3OC(F)(F)F)o2)nc1-c1ccccc1Cl. The summed E-state index contributed by atoms with van der Waals surface area (Å²) in [5, 5.41) is 1.03. The van der Waals surface area contributed by atoms with E-state index in [0.717, 1.165) is 85.2 Å². The molecule has 0 aliphatic carbocycles. The van der Waals surface area contributed by atoms with Crippen molar-refractivity contribution in [3.8, 4) is 194 Å². The van der Waals surface area contributed by atoms with Gasteiger partial charge < -0.3 is 66.0 Å². The maximum atomic E-state index is 13.3. The van der Waals surface area contributed by atoms with Crippen molar-refractivity contribution in [2.45, 2.75) is 72.4 Å². The number of hydrogen-bond acceptors (Lipinski definition) is 14. The third kappa shape index (κ3) is 26.0. The van der Waals surface area contributed by atoms with E-state index in [1.54, 1.807) is 97.9 Å². The number of H-pyrrole nitrogens is 5. The molecule has 0 spiro atoms. The van der Waals surface area contributed by atoms with E-state index < -0.39 is 60.4 Å². The average Bonchev–Trinajstić information content (AvgIpc) is 1.54. The second-order valence-corrected chi connectivity index (χ2v) is 34.3. The van der Waals surface area contributed by atoms with Gasteiger partial charge in [0.2, 0.25) is 0 Å². The molecule has 0 aliphatic rings. The van der Waals surface area contributed by atoms with E-state index in [1.807, 2.05) is 82.3 Å². The van der Waals surface area contributed by atoms with Crippen LogP contribution in [0.25, 0.3) is 171 Å². The first-order valence-corrected chi connectivity index (χ1v) is 45.4. The van der Waals surface area contributed by atoms with Gasteiger partial charge in [-0.1, -0.05) is 148 Å². The molecular formula is C106H69BrCl3F19N10O9. The van der Waals surface area contributed by atoms with E-state index in [9.17, 15) is 83.4 Å². The van der Waals surface area contributed by atoms with E-state index in [4.69, 9.17) is 56.9 Å². The molecule has 20 rings (SSSR count). The zero-order valence-electron chi connectivity index (χ0n) is 76.4. The Morgan fingerprint density at radius 1 is 0.264 bits per heavy atom. The fourth-order valence-corrected chi connectivity index (χ4v) is 15.8. The average molecular weight is 2170 g/mol. The van der Waals surface area contributed by atoms with Crippen LogP contribution in [0.1, 0.15) is 39.6 Å². The molecule has 19 nitrogen and oxygen atoms in total. The number of halogens is 23. The largest absolute Gasteiger partial charge is 0.573 e. The minimum absolute atomic E-state index is 0.00217. The third-order valence-electron chi connectivity index (χ3n) is 21.7. The molecular weight excluding hydrogens is 2100 g/mol. The molecule has 758 valence electrons. The van der Waals surface area contributed by atoms with Gasteiger partial charge in [-0.25, -0.2) is 29.3 Å². The predicted molar refractivity (Wildman–Crippen MR) is 519 cm³/mol. The molecule has 0 aliphatic heterocycles. The second-order valence-electron chi connectivity index (χ2n) is 32.1. The summed E-state index contributed by atoms with van der Waals surface area (Å²) in [4.78, 5) is 38.2. The maximum absolute atomic E-state index is 13.3. The van der Waals surface area contributed by atoms with Gasteiger partial charge in [0, 0.05) is 82.5 Å². The summed E-state index contributed by atoms with van der Waals surface area (Å²) >= 11 is 21.4. The summed E-state index contributed by atoms with van der Waals surface area (Å²) in [6.07, 6.45) is -28.1. The highest BCUT2D eigenvalue weighted by Gasteiger charge is 2.39. The molecule has 0 amide bonds. The Balaban J connectivity index is 0.000000132. The molecule has 5 N–H and O–H groups in total. The van der Waals surface area contributed by atoms with Crippen LogP contribution < -0.4 is 18.9 Å². The zero-order valence-corrected chi connectivity index (χ0v) is 80.2. The summed E-state index contributed by atoms with van der Waals surface area (Å²) in [6, 6.07) is 75.0. The monoisotopic (exact) mass is 2170 g/mol. The smallest absolute Gasteiger partial charge is 0.453 e. The van der Waals surface area contributed by atoms with Crippen LogP contribution in [0.4, 0.5) is 83.4 Å². The van der Waals surface area contributed by atoms with Gasteiger partial charge in [0.05, 0.1) is 60.8 Å². The van der Waals surface area contributed by atoms with Crippen molar-refractivity contribution >= 4 is 50.7 Å². The lowest BCUT2D eigenvalue weighted by molar-refractivity contribution is -0.275. The highest BCUT2D eigenvalue weighted by molar-refractivity contribution is 9.10. The van der Waals surface area contributed by atoms with Gasteiger partial charge in [-0.15, -0.1) is 52.7 Å². The topological polar surface area (TPSA) is 246 Å². The molecule has 0 unspecified atom stereocenters. The van der Waals surface area contributed by atoms with Gasteiger partial charge in [0.1, 0.15) is 57.6 Å². The van der Waals surface area contributed by atoms with E-state index in [0.29, 0.717) is 107 Å². The minimum atomic E-state index is -4.86. The number of aromatic nitrogens is 10. The Kier molecular flexibility index (Phi) is 30.6. The van der Waals surface area contributed by atoms with Crippen molar-refractivity contribution < 1.29 is 124 Å². The number of imidazole rings is 5. The van der Waals surface area contributed by atoms with Gasteiger partial charge >= 0.3 is 37.8 Å². The van der Waals surface area contributed by atoms with E-state index >= 15 is 0 Å². The van der Waals surface area contributed by atoms with Gasteiger partial charge in [-0.2, -0.15) is 26.3 Å². The lowest BCUT2D eigenvalue weighted by atomic mass is 10.1. The quantitative estimate of drug-likeness (QED) is 0.0473. The molecule has 0 bridgehead atoms. The van der Waals surface area contributed by atoms with Crippen molar-refractivity contribution in [1.29, 1.82) is 0 Å². The van der Waals surface area contributed by atoms with Gasteiger partial charge in [-0.05, 0) is 235 Å². The number of nitrogens with one attached hydrogen (secondary N) is 5. The van der Waals surface area contributed by atoms with Crippen molar-refractivity contribution in [3.05, 3.63) is 362 Å². The fraction of sp³-hybridized carbons (Fsp3) is 0.104. The number of nitrogens with zero attached hydrogens (tertiary/aromatic N) is 5. The van der Waals surface area contributed by atoms with Crippen molar-refractivity contribution in [2.75, 3.05) is 0 Å². The predicted octanol–water partition coefficient (Wildman–Crippen LogP) is 35.1. The van der Waals surface area contributed by atoms with Crippen LogP contribution in [-0.2, 0) is 12.4 Å². The lowest BCUT2D eigenvalue weighted by Gasteiger charge is -2.11. The first-order chi connectivity index (χ1) is 70.1.